The fourth-order valence-electron chi connectivity index (χ4n) is 4.04. The van der Waals surface area contributed by atoms with Crippen LogP contribution >= 0.6 is 23.5 Å². The van der Waals surface area contributed by atoms with Crippen LogP contribution in [0.1, 0.15) is 31.7 Å². The number of hydrogen-bond acceptors (Lipinski definition) is 5. The highest BCUT2D eigenvalue weighted by atomic mass is 35.5. The summed E-state index contributed by atoms with van der Waals surface area (Å²) in [7, 11) is 0. The van der Waals surface area contributed by atoms with E-state index in [1.54, 1.807) is 11.9 Å². The van der Waals surface area contributed by atoms with Crippen molar-refractivity contribution in [3.8, 4) is 5.69 Å². The predicted octanol–water partition coefficient (Wildman–Crippen LogP) is 4.29. The molecule has 1 aromatic carbocycles. The van der Waals surface area contributed by atoms with Crippen LogP contribution in [0.2, 0.25) is 5.02 Å². The highest BCUT2D eigenvalue weighted by Crippen LogP contribution is 2.36. The number of halogens is 1. The second-order valence-corrected chi connectivity index (χ2v) is 8.92. The molecule has 8 heteroatoms. The molecule has 0 amide bonds. The molecule has 0 radical (unpaired) electrons. The number of benzene rings is 1. The number of nitrogens with one attached hydrogen (secondary N) is 1. The minimum Gasteiger partial charge on any atom is -0.370 e. The first-order valence-corrected chi connectivity index (χ1v) is 11.6. The smallest absolute Gasteiger partial charge is 0.103 e. The molecule has 2 fully saturated rings. The highest BCUT2D eigenvalue weighted by molar-refractivity contribution is 7.96. The summed E-state index contributed by atoms with van der Waals surface area (Å²) in [6.45, 7) is 3.17. The maximum absolute atomic E-state index is 6.65. The van der Waals surface area contributed by atoms with Gasteiger partial charge in [-0.1, -0.05) is 23.5 Å². The summed E-state index contributed by atoms with van der Waals surface area (Å²) in [5.74, 6) is 0.741. The zero-order chi connectivity index (χ0) is 19.1. The van der Waals surface area contributed by atoms with E-state index in [0.29, 0.717) is 6.04 Å². The lowest BCUT2D eigenvalue weighted by atomic mass is 9.96. The first-order valence-electron chi connectivity index (χ1n) is 9.95. The van der Waals surface area contributed by atoms with E-state index < -0.39 is 0 Å². The van der Waals surface area contributed by atoms with Crippen LogP contribution in [-0.2, 0) is 0 Å². The third kappa shape index (κ3) is 3.51. The number of rotatable bonds is 6. The van der Waals surface area contributed by atoms with Gasteiger partial charge in [0.25, 0.3) is 0 Å². The molecule has 0 bridgehead atoms. The van der Waals surface area contributed by atoms with Gasteiger partial charge < -0.3 is 4.90 Å². The number of anilines is 1. The monoisotopic (exact) mass is 416 g/mol. The van der Waals surface area contributed by atoms with Crippen LogP contribution in [0.5, 0.6) is 0 Å². The Bertz CT molecular complexity index is 970. The van der Waals surface area contributed by atoms with Crippen molar-refractivity contribution in [3.63, 3.8) is 0 Å². The van der Waals surface area contributed by atoms with E-state index in [2.05, 4.69) is 43.0 Å². The molecule has 0 atom stereocenters. The van der Waals surface area contributed by atoms with Crippen molar-refractivity contribution in [1.29, 1.82) is 0 Å². The van der Waals surface area contributed by atoms with Gasteiger partial charge in [0, 0.05) is 25.0 Å². The normalized spacial score (nSPS) is 18.3. The standard InChI is InChI=1S/C20H25ClN6S/c1-28-24-10-14-4-6-25(7-5-14)20-9-19-15(8-18(20)21)11-23-27(19)17-12-22-26(13-17)16-2-3-16/h8-9,11-14,16,24H,2-7,10H2,1H3. The summed E-state index contributed by atoms with van der Waals surface area (Å²) >= 11 is 8.36. The third-order valence-electron chi connectivity index (χ3n) is 5.86. The second-order valence-electron chi connectivity index (χ2n) is 7.81. The number of fused-ring (bicyclic) bond motifs is 1. The molecule has 2 aromatic heterocycles. The summed E-state index contributed by atoms with van der Waals surface area (Å²) in [6, 6.07) is 4.81. The lowest BCUT2D eigenvalue weighted by Gasteiger charge is -2.34. The first kappa shape index (κ1) is 18.3. The Morgan fingerprint density at radius 3 is 2.71 bits per heavy atom. The van der Waals surface area contributed by atoms with Gasteiger partial charge >= 0.3 is 0 Å². The third-order valence-corrected chi connectivity index (χ3v) is 6.62. The molecule has 28 heavy (non-hydrogen) atoms. The van der Waals surface area contributed by atoms with E-state index in [4.69, 9.17) is 11.6 Å². The number of hydrogen-bond donors (Lipinski definition) is 1. The fraction of sp³-hybridized carbons (Fsp3) is 0.500. The lowest BCUT2D eigenvalue weighted by molar-refractivity contribution is 0.407. The van der Waals surface area contributed by atoms with Gasteiger partial charge in [-0.3, -0.25) is 9.40 Å². The van der Waals surface area contributed by atoms with Crippen molar-refractivity contribution in [2.45, 2.75) is 31.7 Å². The van der Waals surface area contributed by atoms with Gasteiger partial charge in [-0.25, -0.2) is 4.68 Å². The van der Waals surface area contributed by atoms with Crippen molar-refractivity contribution in [2.75, 3.05) is 30.8 Å². The van der Waals surface area contributed by atoms with Gasteiger partial charge in [0.1, 0.15) is 5.69 Å². The summed E-state index contributed by atoms with van der Waals surface area (Å²) < 4.78 is 7.44. The molecule has 1 saturated heterocycles. The Morgan fingerprint density at radius 1 is 1.14 bits per heavy atom. The van der Waals surface area contributed by atoms with E-state index in [9.17, 15) is 0 Å². The largest absolute Gasteiger partial charge is 0.370 e. The van der Waals surface area contributed by atoms with E-state index in [1.807, 2.05) is 23.1 Å². The number of aromatic nitrogens is 4. The molecule has 1 saturated carbocycles. The Morgan fingerprint density at radius 2 is 1.96 bits per heavy atom. The molecule has 5 rings (SSSR count). The van der Waals surface area contributed by atoms with Crippen LogP contribution in [0.3, 0.4) is 0 Å². The molecule has 3 heterocycles. The zero-order valence-electron chi connectivity index (χ0n) is 16.0. The summed E-state index contributed by atoms with van der Waals surface area (Å²) in [5, 5.41) is 11.0. The molecule has 0 spiro atoms. The Balaban J connectivity index is 1.41. The van der Waals surface area contributed by atoms with Crippen LogP contribution in [0.25, 0.3) is 16.6 Å². The molecule has 6 nitrogen and oxygen atoms in total. The maximum atomic E-state index is 6.65. The molecular weight excluding hydrogens is 392 g/mol. The Labute approximate surface area is 174 Å². The molecule has 0 unspecified atom stereocenters. The molecule has 1 aliphatic heterocycles. The average Bonchev–Trinajstić information content (AvgIpc) is 3.31. The molecule has 1 aliphatic carbocycles. The Kier molecular flexibility index (Phi) is 4.99. The summed E-state index contributed by atoms with van der Waals surface area (Å²) in [5.41, 5.74) is 3.21. The van der Waals surface area contributed by atoms with Gasteiger partial charge in [-0.05, 0) is 50.0 Å². The maximum Gasteiger partial charge on any atom is 0.103 e. The number of nitrogens with zero attached hydrogens (tertiary/aromatic N) is 5. The van der Waals surface area contributed by atoms with Crippen LogP contribution in [0.4, 0.5) is 5.69 Å². The topological polar surface area (TPSA) is 50.9 Å². The van der Waals surface area contributed by atoms with Gasteiger partial charge in [0.15, 0.2) is 0 Å². The first-order chi connectivity index (χ1) is 13.7. The van der Waals surface area contributed by atoms with Crippen LogP contribution < -0.4 is 9.62 Å². The zero-order valence-corrected chi connectivity index (χ0v) is 17.6. The molecule has 3 aromatic rings. The lowest BCUT2D eigenvalue weighted by Crippen LogP contribution is -2.36. The van der Waals surface area contributed by atoms with E-state index >= 15 is 0 Å². The minimum absolute atomic E-state index is 0.572. The summed E-state index contributed by atoms with van der Waals surface area (Å²) in [4.78, 5) is 2.42. The summed E-state index contributed by atoms with van der Waals surface area (Å²) in [6.07, 6.45) is 12.8. The fourth-order valence-corrected chi connectivity index (χ4v) is 4.73. The second kappa shape index (κ2) is 7.61. The predicted molar refractivity (Wildman–Crippen MR) is 117 cm³/mol. The van der Waals surface area contributed by atoms with E-state index in [1.165, 1.54) is 25.7 Å². The highest BCUT2D eigenvalue weighted by Gasteiger charge is 2.25. The van der Waals surface area contributed by atoms with Crippen molar-refractivity contribution in [2.24, 2.45) is 5.92 Å². The number of piperidine rings is 1. The van der Waals surface area contributed by atoms with E-state index in [0.717, 1.165) is 52.9 Å². The average molecular weight is 417 g/mol. The van der Waals surface area contributed by atoms with Crippen LogP contribution in [-0.4, -0.2) is 45.5 Å². The quantitative estimate of drug-likeness (QED) is 0.607. The van der Waals surface area contributed by atoms with Gasteiger partial charge in [0.2, 0.25) is 0 Å². The van der Waals surface area contributed by atoms with Crippen molar-refractivity contribution >= 4 is 40.1 Å². The molecular formula is C20H25ClN6S. The molecule has 148 valence electrons. The SMILES string of the molecule is CSNCC1CCN(c2cc3c(cnn3-c3cnn(C4CC4)c3)cc2Cl)CC1. The van der Waals surface area contributed by atoms with Gasteiger partial charge in [-0.15, -0.1) is 0 Å². The van der Waals surface area contributed by atoms with Crippen molar-refractivity contribution < 1.29 is 0 Å². The molecule has 1 N–H and O–H groups in total. The van der Waals surface area contributed by atoms with Gasteiger partial charge in [-0.2, -0.15) is 10.2 Å². The van der Waals surface area contributed by atoms with E-state index in [-0.39, 0.29) is 0 Å². The van der Waals surface area contributed by atoms with Crippen molar-refractivity contribution in [3.05, 3.63) is 35.7 Å². The van der Waals surface area contributed by atoms with Crippen molar-refractivity contribution in [1.82, 2.24) is 24.3 Å². The van der Waals surface area contributed by atoms with Crippen LogP contribution in [0.15, 0.2) is 30.7 Å². The van der Waals surface area contributed by atoms with Gasteiger partial charge in [0.05, 0.1) is 40.9 Å². The van der Waals surface area contributed by atoms with Crippen LogP contribution in [0, 0.1) is 5.92 Å². The molecule has 2 aliphatic rings. The minimum atomic E-state index is 0.572. The Hall–Kier alpha value is -1.70.